The van der Waals surface area contributed by atoms with Crippen molar-refractivity contribution in [2.75, 3.05) is 20.2 Å². The molecule has 0 spiro atoms. The molecule has 2 heterocycles. The van der Waals surface area contributed by atoms with Crippen LogP contribution in [0, 0.1) is 5.92 Å². The summed E-state index contributed by atoms with van der Waals surface area (Å²) in [5.74, 6) is 0.417. The first-order valence-electron chi connectivity index (χ1n) is 9.06. The Morgan fingerprint density at radius 3 is 2.45 bits per heavy atom. The Morgan fingerprint density at radius 1 is 1.07 bits per heavy atom. The Bertz CT molecular complexity index is 1120. The molecule has 0 N–H and O–H groups in total. The molecule has 3 aromatic rings. The van der Waals surface area contributed by atoms with Crippen molar-refractivity contribution in [3.8, 4) is 11.5 Å². The number of fused-ring (bicyclic) bond motifs is 1. The Balaban J connectivity index is 1.42. The zero-order valence-corrected chi connectivity index (χ0v) is 17.3. The van der Waals surface area contributed by atoms with Crippen LogP contribution in [0.15, 0.2) is 47.4 Å². The SMILES string of the molecule is COc1ccc(OC(=O)C2CCN(S(=O)(=O)c3cccc4nsnc34)CC2)cc1. The second-order valence-corrected chi connectivity index (χ2v) is 9.10. The van der Waals surface area contributed by atoms with Gasteiger partial charge >= 0.3 is 5.97 Å². The van der Waals surface area contributed by atoms with E-state index in [2.05, 4.69) is 8.75 Å². The van der Waals surface area contributed by atoms with Gasteiger partial charge in [0, 0.05) is 13.1 Å². The maximum Gasteiger partial charge on any atom is 0.314 e. The molecule has 0 saturated carbocycles. The number of carbonyl (C=O) groups excluding carboxylic acids is 1. The fraction of sp³-hybridized carbons (Fsp3) is 0.316. The molecule has 0 radical (unpaired) electrons. The molecule has 8 nitrogen and oxygen atoms in total. The highest BCUT2D eigenvalue weighted by molar-refractivity contribution is 7.89. The third-order valence-electron chi connectivity index (χ3n) is 4.93. The number of nitrogens with zero attached hydrogens (tertiary/aromatic N) is 3. The van der Waals surface area contributed by atoms with Crippen LogP contribution in [0.1, 0.15) is 12.8 Å². The molecule has 1 aromatic heterocycles. The van der Waals surface area contributed by atoms with Gasteiger partial charge in [-0.3, -0.25) is 4.79 Å². The summed E-state index contributed by atoms with van der Waals surface area (Å²) in [7, 11) is -2.14. The van der Waals surface area contributed by atoms with E-state index in [0.717, 1.165) is 11.7 Å². The number of methoxy groups -OCH3 is 1. The van der Waals surface area contributed by atoms with Crippen LogP contribution in [-0.2, 0) is 14.8 Å². The molecule has 152 valence electrons. The van der Waals surface area contributed by atoms with Crippen molar-refractivity contribution in [3.05, 3.63) is 42.5 Å². The summed E-state index contributed by atoms with van der Waals surface area (Å²) in [5, 5.41) is 0. The van der Waals surface area contributed by atoms with Crippen molar-refractivity contribution in [1.82, 2.24) is 13.1 Å². The average molecular weight is 434 g/mol. The van der Waals surface area contributed by atoms with Crippen LogP contribution in [0.3, 0.4) is 0 Å². The van der Waals surface area contributed by atoms with Crippen LogP contribution in [-0.4, -0.2) is 47.6 Å². The maximum atomic E-state index is 13.1. The minimum absolute atomic E-state index is 0.156. The quantitative estimate of drug-likeness (QED) is 0.451. The normalized spacial score (nSPS) is 16.0. The van der Waals surface area contributed by atoms with E-state index in [1.165, 1.54) is 4.31 Å². The Hall–Kier alpha value is -2.56. The van der Waals surface area contributed by atoms with Gasteiger partial charge in [0.25, 0.3) is 0 Å². The molecule has 4 rings (SSSR count). The van der Waals surface area contributed by atoms with Crippen LogP contribution in [0.4, 0.5) is 0 Å². The molecule has 0 aliphatic carbocycles. The van der Waals surface area contributed by atoms with Crippen LogP contribution < -0.4 is 9.47 Å². The summed E-state index contributed by atoms with van der Waals surface area (Å²) in [4.78, 5) is 12.6. The van der Waals surface area contributed by atoms with Gasteiger partial charge in [-0.05, 0) is 49.2 Å². The van der Waals surface area contributed by atoms with Crippen molar-refractivity contribution in [2.45, 2.75) is 17.7 Å². The van der Waals surface area contributed by atoms with Crippen LogP contribution >= 0.6 is 11.7 Å². The Morgan fingerprint density at radius 2 is 1.76 bits per heavy atom. The number of benzene rings is 2. The molecular weight excluding hydrogens is 414 g/mol. The molecular formula is C19H19N3O5S2. The van der Waals surface area contributed by atoms with Crippen molar-refractivity contribution >= 4 is 38.8 Å². The average Bonchev–Trinajstić information content (AvgIpc) is 3.23. The summed E-state index contributed by atoms with van der Waals surface area (Å²) in [6, 6.07) is 11.7. The maximum absolute atomic E-state index is 13.1. The number of aromatic nitrogens is 2. The van der Waals surface area contributed by atoms with Gasteiger partial charge in [0.1, 0.15) is 27.4 Å². The highest BCUT2D eigenvalue weighted by Crippen LogP contribution is 2.29. The monoisotopic (exact) mass is 433 g/mol. The number of esters is 1. The molecule has 2 aromatic carbocycles. The van der Waals surface area contributed by atoms with Crippen molar-refractivity contribution < 1.29 is 22.7 Å². The number of ether oxygens (including phenoxy) is 2. The predicted molar refractivity (Wildman–Crippen MR) is 108 cm³/mol. The van der Waals surface area contributed by atoms with Gasteiger partial charge in [-0.15, -0.1) is 0 Å². The summed E-state index contributed by atoms with van der Waals surface area (Å²) in [6.07, 6.45) is 0.805. The van der Waals surface area contributed by atoms with Gasteiger partial charge in [-0.1, -0.05) is 6.07 Å². The number of piperidine rings is 1. The van der Waals surface area contributed by atoms with E-state index in [1.54, 1.807) is 49.6 Å². The molecule has 1 aliphatic rings. The van der Waals surface area contributed by atoms with Crippen molar-refractivity contribution in [1.29, 1.82) is 0 Å². The lowest BCUT2D eigenvalue weighted by Gasteiger charge is -2.30. The third-order valence-corrected chi connectivity index (χ3v) is 7.40. The lowest BCUT2D eigenvalue weighted by Crippen LogP contribution is -2.41. The topological polar surface area (TPSA) is 98.7 Å². The molecule has 0 unspecified atom stereocenters. The summed E-state index contributed by atoms with van der Waals surface area (Å²) in [6.45, 7) is 0.497. The van der Waals surface area contributed by atoms with Gasteiger partial charge in [0.15, 0.2) is 0 Å². The Labute approximate surface area is 172 Å². The first-order valence-corrected chi connectivity index (χ1v) is 11.2. The number of hydrogen-bond acceptors (Lipinski definition) is 8. The standard InChI is InChI=1S/C19H19N3O5S2/c1-26-14-5-7-15(8-6-14)27-19(23)13-9-11-22(12-10-13)29(24,25)17-4-2-3-16-18(17)21-28-20-16/h2-8,13H,9-12H2,1H3. The largest absolute Gasteiger partial charge is 0.497 e. The molecule has 29 heavy (non-hydrogen) atoms. The van der Waals surface area contributed by atoms with E-state index < -0.39 is 10.0 Å². The van der Waals surface area contributed by atoms with E-state index in [9.17, 15) is 13.2 Å². The summed E-state index contributed by atoms with van der Waals surface area (Å²) < 4.78 is 46.3. The molecule has 1 saturated heterocycles. The van der Waals surface area contributed by atoms with Gasteiger partial charge in [-0.25, -0.2) is 8.42 Å². The second kappa shape index (κ2) is 8.05. The minimum Gasteiger partial charge on any atom is -0.497 e. The van der Waals surface area contributed by atoms with E-state index >= 15 is 0 Å². The minimum atomic E-state index is -3.70. The number of hydrogen-bond donors (Lipinski definition) is 0. The molecule has 1 fully saturated rings. The zero-order valence-electron chi connectivity index (χ0n) is 15.6. The highest BCUT2D eigenvalue weighted by atomic mass is 32.2. The van der Waals surface area contributed by atoms with Gasteiger partial charge in [-0.2, -0.15) is 13.1 Å². The lowest BCUT2D eigenvalue weighted by molar-refractivity contribution is -0.140. The summed E-state index contributed by atoms with van der Waals surface area (Å²) in [5.41, 5.74) is 0.951. The number of carbonyl (C=O) groups is 1. The van der Waals surface area contributed by atoms with Crippen LogP contribution in [0.2, 0.25) is 0 Å². The highest BCUT2D eigenvalue weighted by Gasteiger charge is 2.34. The molecule has 0 amide bonds. The second-order valence-electron chi connectivity index (χ2n) is 6.66. The number of sulfonamides is 1. The van der Waals surface area contributed by atoms with Crippen molar-refractivity contribution in [3.63, 3.8) is 0 Å². The molecule has 0 atom stereocenters. The van der Waals surface area contributed by atoms with Crippen molar-refractivity contribution in [2.24, 2.45) is 5.92 Å². The Kier molecular flexibility index (Phi) is 5.48. The molecule has 1 aliphatic heterocycles. The van der Waals surface area contributed by atoms with E-state index in [1.807, 2.05) is 0 Å². The fourth-order valence-electron chi connectivity index (χ4n) is 3.30. The van der Waals surface area contributed by atoms with E-state index in [4.69, 9.17) is 9.47 Å². The first-order chi connectivity index (χ1) is 14.0. The predicted octanol–water partition coefficient (Wildman–Crippen LogP) is 2.71. The zero-order chi connectivity index (χ0) is 20.4. The van der Waals surface area contributed by atoms with E-state index in [-0.39, 0.29) is 29.9 Å². The fourth-order valence-corrected chi connectivity index (χ4v) is 5.53. The first kappa shape index (κ1) is 19.7. The smallest absolute Gasteiger partial charge is 0.314 e. The van der Waals surface area contributed by atoms with E-state index in [0.29, 0.717) is 35.4 Å². The van der Waals surface area contributed by atoms with Gasteiger partial charge < -0.3 is 9.47 Å². The third kappa shape index (κ3) is 3.96. The van der Waals surface area contributed by atoms with Crippen LogP contribution in [0.5, 0.6) is 11.5 Å². The van der Waals surface area contributed by atoms with Gasteiger partial charge in [0.2, 0.25) is 10.0 Å². The van der Waals surface area contributed by atoms with Crippen LogP contribution in [0.25, 0.3) is 11.0 Å². The van der Waals surface area contributed by atoms with Gasteiger partial charge in [0.05, 0.1) is 24.8 Å². The molecule has 10 heteroatoms. The summed E-state index contributed by atoms with van der Waals surface area (Å²) >= 11 is 0.985. The number of rotatable bonds is 5. The lowest BCUT2D eigenvalue weighted by atomic mass is 9.98. The molecule has 0 bridgehead atoms.